The number of aromatic nitrogens is 1. The highest BCUT2D eigenvalue weighted by Gasteiger charge is 2.27. The largest absolute Gasteiger partial charge is 0.450 e. The predicted octanol–water partition coefficient (Wildman–Crippen LogP) is 5.72. The zero-order valence-corrected chi connectivity index (χ0v) is 20.9. The molecule has 6 nitrogen and oxygen atoms in total. The maximum atomic E-state index is 13.3. The lowest BCUT2D eigenvalue weighted by atomic mass is 10.2. The quantitative estimate of drug-likeness (QED) is 0.280. The van der Waals surface area contributed by atoms with Gasteiger partial charge in [-0.3, -0.25) is 9.78 Å². The first kappa shape index (κ1) is 24.0. The smallest absolute Gasteiger partial charge is 0.263 e. The van der Waals surface area contributed by atoms with Gasteiger partial charge in [0.25, 0.3) is 5.91 Å². The molecule has 0 saturated heterocycles. The van der Waals surface area contributed by atoms with Gasteiger partial charge in [-0.25, -0.2) is 8.42 Å². The van der Waals surface area contributed by atoms with Crippen LogP contribution < -0.4 is 5.32 Å². The number of carbonyl (C=O) groups is 1. The van der Waals surface area contributed by atoms with Crippen LogP contribution in [0.2, 0.25) is 0 Å². The summed E-state index contributed by atoms with van der Waals surface area (Å²) >= 11 is 4.79. The third kappa shape index (κ3) is 6.05. The summed E-state index contributed by atoms with van der Waals surface area (Å²) in [7, 11) is -4.09. The third-order valence-corrected chi connectivity index (χ3v) is 7.91. The van der Waals surface area contributed by atoms with Gasteiger partial charge in [0.2, 0.25) is 9.84 Å². The Kier molecular flexibility index (Phi) is 7.66. The van der Waals surface area contributed by atoms with Crippen LogP contribution in [0.15, 0.2) is 120 Å². The number of sulfone groups is 1. The van der Waals surface area contributed by atoms with Gasteiger partial charge < -0.3 is 9.73 Å². The van der Waals surface area contributed by atoms with Gasteiger partial charge in [0.05, 0.1) is 4.90 Å². The lowest BCUT2D eigenvalue weighted by molar-refractivity contribution is -0.116. The van der Waals surface area contributed by atoms with Gasteiger partial charge in [-0.05, 0) is 66.2 Å². The Balaban J connectivity index is 1.63. The van der Waals surface area contributed by atoms with Crippen LogP contribution >= 0.6 is 27.7 Å². The molecule has 0 fully saturated rings. The summed E-state index contributed by atoms with van der Waals surface area (Å²) in [6, 6.07) is 22.4. The van der Waals surface area contributed by atoms with Crippen molar-refractivity contribution >= 4 is 49.5 Å². The summed E-state index contributed by atoms with van der Waals surface area (Å²) in [5.74, 6) is -0.465. The number of pyridine rings is 1. The molecule has 1 N–H and O–H groups in total. The molecule has 2 heterocycles. The molecule has 9 heteroatoms. The molecule has 4 aromatic rings. The molecule has 0 aliphatic carbocycles. The fourth-order valence-corrected chi connectivity index (χ4v) is 5.38. The number of carbonyl (C=O) groups excluding carboxylic acids is 1. The van der Waals surface area contributed by atoms with Gasteiger partial charge in [-0.1, -0.05) is 45.9 Å². The van der Waals surface area contributed by atoms with Gasteiger partial charge in [0.1, 0.15) is 10.7 Å². The molecule has 2 aromatic carbocycles. The molecule has 34 heavy (non-hydrogen) atoms. The molecule has 172 valence electrons. The molecule has 0 radical (unpaired) electrons. The Hall–Kier alpha value is -3.14. The zero-order valence-electron chi connectivity index (χ0n) is 17.7. The summed E-state index contributed by atoms with van der Waals surface area (Å²) in [4.78, 5) is 17.6. The molecule has 0 unspecified atom stereocenters. The highest BCUT2D eigenvalue weighted by molar-refractivity contribution is 9.10. The minimum Gasteiger partial charge on any atom is -0.450 e. The Labute approximate surface area is 210 Å². The lowest BCUT2D eigenvalue weighted by Crippen LogP contribution is -2.28. The first-order valence-corrected chi connectivity index (χ1v) is 13.2. The van der Waals surface area contributed by atoms with Crippen molar-refractivity contribution in [2.75, 3.05) is 0 Å². The standard InChI is InChI=1S/C25H19BrN2O4S2/c26-19-6-9-21(10-7-19)33-24-11-8-20(32-24)16-23(34(30,31)22-4-2-1-3-5-22)25(29)28-17-18-12-14-27-15-13-18/h1-16H,17H2,(H,28,29). The maximum Gasteiger partial charge on any atom is 0.263 e. The van der Waals surface area contributed by atoms with Crippen molar-refractivity contribution < 1.29 is 17.6 Å². The molecule has 0 atom stereocenters. The minimum atomic E-state index is -4.09. The Morgan fingerprint density at radius 1 is 0.971 bits per heavy atom. The fourth-order valence-electron chi connectivity index (χ4n) is 2.98. The molecule has 0 aliphatic rings. The number of nitrogens with zero attached hydrogens (tertiary/aromatic N) is 1. The molecule has 0 spiro atoms. The summed E-state index contributed by atoms with van der Waals surface area (Å²) in [6.07, 6.45) is 4.47. The molecular formula is C25H19BrN2O4S2. The Morgan fingerprint density at radius 3 is 2.38 bits per heavy atom. The minimum absolute atomic E-state index is 0.0244. The molecule has 0 aliphatic heterocycles. The van der Waals surface area contributed by atoms with E-state index in [0.29, 0.717) is 5.09 Å². The van der Waals surface area contributed by atoms with Crippen molar-refractivity contribution in [3.8, 4) is 0 Å². The van der Waals surface area contributed by atoms with Gasteiger partial charge in [0.15, 0.2) is 5.09 Å². The van der Waals surface area contributed by atoms with Crippen molar-refractivity contribution in [2.24, 2.45) is 0 Å². The highest BCUT2D eigenvalue weighted by Crippen LogP contribution is 2.31. The van der Waals surface area contributed by atoms with Crippen LogP contribution in [-0.2, 0) is 21.2 Å². The Morgan fingerprint density at radius 2 is 1.68 bits per heavy atom. The van der Waals surface area contributed by atoms with E-state index in [1.165, 1.54) is 30.0 Å². The number of hydrogen-bond acceptors (Lipinski definition) is 6. The molecule has 2 aromatic heterocycles. The first-order chi connectivity index (χ1) is 16.4. The number of amides is 1. The van der Waals surface area contributed by atoms with E-state index in [-0.39, 0.29) is 17.2 Å². The van der Waals surface area contributed by atoms with Crippen LogP contribution in [0, 0.1) is 0 Å². The number of rotatable bonds is 8. The van der Waals surface area contributed by atoms with Gasteiger partial charge in [-0.2, -0.15) is 0 Å². The Bertz CT molecular complexity index is 1400. The van der Waals surface area contributed by atoms with E-state index < -0.39 is 20.6 Å². The van der Waals surface area contributed by atoms with Crippen LogP contribution in [0.1, 0.15) is 11.3 Å². The van der Waals surface area contributed by atoms with Crippen molar-refractivity contribution in [3.05, 3.63) is 112 Å². The zero-order chi connectivity index (χ0) is 24.0. The van der Waals surface area contributed by atoms with Crippen molar-refractivity contribution in [1.29, 1.82) is 0 Å². The fraction of sp³-hybridized carbons (Fsp3) is 0.0400. The highest BCUT2D eigenvalue weighted by atomic mass is 79.9. The van der Waals surface area contributed by atoms with E-state index in [1.54, 1.807) is 54.9 Å². The van der Waals surface area contributed by atoms with Crippen molar-refractivity contribution in [1.82, 2.24) is 10.3 Å². The molecule has 0 saturated carbocycles. The van der Waals surface area contributed by atoms with E-state index in [0.717, 1.165) is 14.9 Å². The second-order valence-electron chi connectivity index (χ2n) is 7.08. The number of furan rings is 1. The monoisotopic (exact) mass is 554 g/mol. The second-order valence-corrected chi connectivity index (χ2v) is 11.0. The normalized spacial score (nSPS) is 11.9. The summed E-state index contributed by atoms with van der Waals surface area (Å²) in [5, 5.41) is 3.25. The summed E-state index contributed by atoms with van der Waals surface area (Å²) < 4.78 is 33.4. The molecule has 1 amide bonds. The molecule has 4 rings (SSSR count). The van der Waals surface area contributed by atoms with Gasteiger partial charge in [0, 0.05) is 34.4 Å². The lowest BCUT2D eigenvalue weighted by Gasteiger charge is -2.10. The van der Waals surface area contributed by atoms with E-state index in [9.17, 15) is 13.2 Å². The number of hydrogen-bond donors (Lipinski definition) is 1. The van der Waals surface area contributed by atoms with E-state index in [1.807, 2.05) is 24.3 Å². The average Bonchev–Trinajstić information content (AvgIpc) is 3.30. The predicted molar refractivity (Wildman–Crippen MR) is 135 cm³/mol. The number of benzene rings is 2. The SMILES string of the molecule is O=C(NCc1ccncc1)C(=Cc1ccc(Sc2ccc(Br)cc2)o1)S(=O)(=O)c1ccccc1. The maximum absolute atomic E-state index is 13.3. The van der Waals surface area contributed by atoms with Crippen LogP contribution in [0.5, 0.6) is 0 Å². The van der Waals surface area contributed by atoms with E-state index in [4.69, 9.17) is 4.42 Å². The first-order valence-electron chi connectivity index (χ1n) is 10.1. The van der Waals surface area contributed by atoms with Crippen LogP contribution in [0.25, 0.3) is 6.08 Å². The van der Waals surface area contributed by atoms with Crippen LogP contribution in [-0.4, -0.2) is 19.3 Å². The summed E-state index contributed by atoms with van der Waals surface area (Å²) in [5.41, 5.74) is 0.797. The van der Waals surface area contributed by atoms with Gasteiger partial charge >= 0.3 is 0 Å². The average molecular weight is 555 g/mol. The van der Waals surface area contributed by atoms with Crippen LogP contribution in [0.4, 0.5) is 0 Å². The van der Waals surface area contributed by atoms with Crippen LogP contribution in [0.3, 0.4) is 0 Å². The van der Waals surface area contributed by atoms with E-state index in [2.05, 4.69) is 26.2 Å². The van der Waals surface area contributed by atoms with Gasteiger partial charge in [-0.15, -0.1) is 0 Å². The molecule has 0 bridgehead atoms. The van der Waals surface area contributed by atoms with Crippen molar-refractivity contribution in [2.45, 2.75) is 21.4 Å². The topological polar surface area (TPSA) is 89.3 Å². The number of nitrogens with one attached hydrogen (secondary N) is 1. The van der Waals surface area contributed by atoms with E-state index >= 15 is 0 Å². The third-order valence-electron chi connectivity index (χ3n) is 4.68. The number of halogens is 1. The van der Waals surface area contributed by atoms with Crippen molar-refractivity contribution in [3.63, 3.8) is 0 Å². The second kappa shape index (κ2) is 10.9. The molecular weight excluding hydrogens is 536 g/mol. The summed E-state index contributed by atoms with van der Waals surface area (Å²) in [6.45, 7) is 0.159.